The number of nitrogens with zero attached hydrogens (tertiary/aromatic N) is 1. The monoisotopic (exact) mass is 492 g/mol. The lowest BCUT2D eigenvalue weighted by atomic mass is 10.1. The van der Waals surface area contributed by atoms with Gasteiger partial charge in [0.2, 0.25) is 0 Å². The Morgan fingerprint density at radius 2 is 1.66 bits per heavy atom. The van der Waals surface area contributed by atoms with Gasteiger partial charge in [0.1, 0.15) is 28.8 Å². The summed E-state index contributed by atoms with van der Waals surface area (Å²) in [5.41, 5.74) is 3.03. The molecule has 0 aliphatic carbocycles. The first-order valence-corrected chi connectivity index (χ1v) is 12.2. The Kier molecular flexibility index (Phi) is 8.69. The van der Waals surface area contributed by atoms with Crippen molar-refractivity contribution in [3.63, 3.8) is 0 Å². The molecule has 3 aromatic rings. The highest BCUT2D eigenvalue weighted by atomic mass is 32.2. The van der Waals surface area contributed by atoms with Gasteiger partial charge in [0, 0.05) is 6.07 Å². The van der Waals surface area contributed by atoms with Gasteiger partial charge in [-0.3, -0.25) is 9.71 Å². The van der Waals surface area contributed by atoms with Gasteiger partial charge in [-0.05, 0) is 60.7 Å². The number of rotatable bonds is 11. The quantitative estimate of drug-likeness (QED) is 0.293. The van der Waals surface area contributed by atoms with Crippen LogP contribution in [0.1, 0.15) is 18.1 Å². The molecule has 0 unspecified atom stereocenters. The van der Waals surface area contributed by atoms with Gasteiger partial charge >= 0.3 is 0 Å². The highest BCUT2D eigenvalue weighted by molar-refractivity contribution is 7.89. The third-order valence-electron chi connectivity index (χ3n) is 5.07. The Hall–Kier alpha value is -4.04. The van der Waals surface area contributed by atoms with E-state index in [2.05, 4.69) is 16.4 Å². The first kappa shape index (κ1) is 25.6. The normalized spacial score (nSPS) is 12.1. The van der Waals surface area contributed by atoms with Crippen molar-refractivity contribution in [1.29, 1.82) is 0 Å². The largest absolute Gasteiger partial charge is 0.497 e. The van der Waals surface area contributed by atoms with Crippen LogP contribution in [0.15, 0.2) is 101 Å². The van der Waals surface area contributed by atoms with E-state index in [0.717, 1.165) is 22.4 Å². The highest BCUT2D eigenvalue weighted by Gasteiger charge is 2.21. The van der Waals surface area contributed by atoms with E-state index in [1.807, 2.05) is 61.5 Å². The molecule has 3 rings (SSSR count). The molecule has 0 spiro atoms. The average Bonchev–Trinajstić information content (AvgIpc) is 2.87. The Bertz CT molecular complexity index is 1320. The van der Waals surface area contributed by atoms with Crippen molar-refractivity contribution in [3.8, 4) is 17.2 Å². The van der Waals surface area contributed by atoms with Gasteiger partial charge in [-0.15, -0.1) is 0 Å². The molecule has 0 heterocycles. The van der Waals surface area contributed by atoms with E-state index in [-0.39, 0.29) is 16.3 Å². The first-order valence-electron chi connectivity index (χ1n) is 10.7. The van der Waals surface area contributed by atoms with Crippen LogP contribution in [0.4, 0.5) is 0 Å². The molecule has 0 bridgehead atoms. The number of hydrogen-bond acceptors (Lipinski definition) is 6. The molecule has 8 heteroatoms. The fourth-order valence-electron chi connectivity index (χ4n) is 3.27. The maximum Gasteiger partial charge on any atom is 0.265 e. The van der Waals surface area contributed by atoms with Crippen LogP contribution >= 0.6 is 0 Å². The minimum Gasteiger partial charge on any atom is -0.497 e. The average molecular weight is 493 g/mol. The van der Waals surface area contributed by atoms with Gasteiger partial charge in [0.15, 0.2) is 0 Å². The number of methoxy groups -OCH3 is 2. The maximum absolute atomic E-state index is 13.1. The standard InChI is InChI=1S/C27H28N2O5S/c1-20(22-10-12-24(13-11-22)34-19-21-8-6-5-7-9-21)16-23(18-28-2)29-35(30,31)27-17-25(32-3)14-15-26(27)33-4/h5-18,29H,2,19H2,1,3-4H3/b20-16+,23-18+. The Labute approximate surface area is 206 Å². The van der Waals surface area contributed by atoms with E-state index in [1.54, 1.807) is 12.1 Å². The van der Waals surface area contributed by atoms with Gasteiger partial charge in [-0.1, -0.05) is 42.5 Å². The number of aliphatic imine (C=N–C) groups is 1. The summed E-state index contributed by atoms with van der Waals surface area (Å²) in [5, 5.41) is 0. The van der Waals surface area contributed by atoms with Crippen LogP contribution in [-0.2, 0) is 16.6 Å². The van der Waals surface area contributed by atoms with Gasteiger partial charge in [0.25, 0.3) is 10.0 Å². The molecule has 182 valence electrons. The molecular formula is C27H28N2O5S. The number of benzene rings is 3. The molecule has 3 aromatic carbocycles. The predicted octanol–water partition coefficient (Wildman–Crippen LogP) is 5.21. The van der Waals surface area contributed by atoms with E-state index < -0.39 is 10.0 Å². The Balaban J connectivity index is 1.78. The number of sulfonamides is 1. The second-order valence-corrected chi connectivity index (χ2v) is 9.17. The van der Waals surface area contributed by atoms with E-state index >= 15 is 0 Å². The number of allylic oxidation sites excluding steroid dienone is 2. The highest BCUT2D eigenvalue weighted by Crippen LogP contribution is 2.29. The molecule has 35 heavy (non-hydrogen) atoms. The maximum atomic E-state index is 13.1. The summed E-state index contributed by atoms with van der Waals surface area (Å²) in [7, 11) is -1.14. The predicted molar refractivity (Wildman–Crippen MR) is 138 cm³/mol. The zero-order chi connectivity index (χ0) is 25.3. The smallest absolute Gasteiger partial charge is 0.265 e. The zero-order valence-electron chi connectivity index (χ0n) is 19.9. The SMILES string of the molecule is C=N/C=C(\C=C(/C)c1ccc(OCc2ccccc2)cc1)NS(=O)(=O)c1cc(OC)ccc1OC. The van der Waals surface area contributed by atoms with Crippen molar-refractivity contribution < 1.29 is 22.6 Å². The van der Waals surface area contributed by atoms with E-state index in [9.17, 15) is 8.42 Å². The summed E-state index contributed by atoms with van der Waals surface area (Å²) in [6.07, 6.45) is 3.02. The molecule has 0 amide bonds. The summed E-state index contributed by atoms with van der Waals surface area (Å²) in [6.45, 7) is 5.80. The third-order valence-corrected chi connectivity index (χ3v) is 6.48. The molecule has 0 saturated carbocycles. The molecule has 0 atom stereocenters. The van der Waals surface area contributed by atoms with Crippen LogP contribution in [0.5, 0.6) is 17.2 Å². The fourth-order valence-corrected chi connectivity index (χ4v) is 4.49. The zero-order valence-corrected chi connectivity index (χ0v) is 20.7. The van der Waals surface area contributed by atoms with Crippen LogP contribution in [0, 0.1) is 0 Å². The van der Waals surface area contributed by atoms with Crippen molar-refractivity contribution in [2.75, 3.05) is 14.2 Å². The fraction of sp³-hybridized carbons (Fsp3) is 0.148. The topological polar surface area (TPSA) is 86.2 Å². The van der Waals surface area contributed by atoms with Crippen LogP contribution in [0.25, 0.3) is 5.57 Å². The lowest BCUT2D eigenvalue weighted by Gasteiger charge is -2.14. The van der Waals surface area contributed by atoms with Crippen molar-refractivity contribution in [2.45, 2.75) is 18.4 Å². The molecule has 0 aliphatic heterocycles. The summed E-state index contributed by atoms with van der Waals surface area (Å²) in [5.74, 6) is 1.32. The molecule has 1 N–H and O–H groups in total. The van der Waals surface area contributed by atoms with Crippen LogP contribution < -0.4 is 18.9 Å². The summed E-state index contributed by atoms with van der Waals surface area (Å²) in [4.78, 5) is 3.69. The molecule has 7 nitrogen and oxygen atoms in total. The molecule has 0 radical (unpaired) electrons. The van der Waals surface area contributed by atoms with E-state index in [1.165, 1.54) is 32.6 Å². The Morgan fingerprint density at radius 1 is 0.971 bits per heavy atom. The van der Waals surface area contributed by atoms with Crippen LogP contribution in [-0.4, -0.2) is 29.4 Å². The molecule has 0 aromatic heterocycles. The van der Waals surface area contributed by atoms with Gasteiger partial charge in [-0.2, -0.15) is 0 Å². The lowest BCUT2D eigenvalue weighted by Crippen LogP contribution is -2.23. The van der Waals surface area contributed by atoms with Crippen molar-refractivity contribution in [1.82, 2.24) is 4.72 Å². The van der Waals surface area contributed by atoms with E-state index in [4.69, 9.17) is 14.2 Å². The Morgan fingerprint density at radius 3 is 2.29 bits per heavy atom. The van der Waals surface area contributed by atoms with Crippen LogP contribution in [0.2, 0.25) is 0 Å². The lowest BCUT2D eigenvalue weighted by molar-refractivity contribution is 0.306. The van der Waals surface area contributed by atoms with Gasteiger partial charge in [0.05, 0.1) is 26.1 Å². The number of ether oxygens (including phenoxy) is 3. The van der Waals surface area contributed by atoms with Crippen molar-refractivity contribution in [2.24, 2.45) is 4.99 Å². The summed E-state index contributed by atoms with van der Waals surface area (Å²) < 4.78 is 45.0. The molecule has 0 aliphatic rings. The molecule has 0 fully saturated rings. The first-order chi connectivity index (χ1) is 16.9. The molecule has 0 saturated heterocycles. The minimum absolute atomic E-state index is 0.0553. The second kappa shape index (κ2) is 11.9. The van der Waals surface area contributed by atoms with E-state index in [0.29, 0.717) is 12.4 Å². The van der Waals surface area contributed by atoms with Crippen molar-refractivity contribution >= 4 is 22.3 Å². The van der Waals surface area contributed by atoms with Gasteiger partial charge in [-0.25, -0.2) is 8.42 Å². The second-order valence-electron chi connectivity index (χ2n) is 7.52. The summed E-state index contributed by atoms with van der Waals surface area (Å²) in [6, 6.07) is 22.0. The molecular weight excluding hydrogens is 464 g/mol. The summed E-state index contributed by atoms with van der Waals surface area (Å²) >= 11 is 0. The number of hydrogen-bond donors (Lipinski definition) is 1. The van der Waals surface area contributed by atoms with Crippen molar-refractivity contribution in [3.05, 3.63) is 102 Å². The van der Waals surface area contributed by atoms with Gasteiger partial charge < -0.3 is 14.2 Å². The van der Waals surface area contributed by atoms with Crippen LogP contribution in [0.3, 0.4) is 0 Å². The third kappa shape index (κ3) is 6.97. The number of nitrogens with one attached hydrogen (secondary N) is 1. The minimum atomic E-state index is -4.00.